The SMILES string of the molecule is Cl.O=C(NCc1ccc(Cl)s1)[C@H]1CCNC1. The molecule has 1 aromatic rings. The first kappa shape index (κ1) is 13.8. The van der Waals surface area contributed by atoms with E-state index < -0.39 is 0 Å². The summed E-state index contributed by atoms with van der Waals surface area (Å²) in [7, 11) is 0. The summed E-state index contributed by atoms with van der Waals surface area (Å²) in [6.07, 6.45) is 0.941. The molecule has 1 amide bonds. The smallest absolute Gasteiger partial charge is 0.224 e. The second-order valence-electron chi connectivity index (χ2n) is 3.61. The van der Waals surface area contributed by atoms with E-state index in [1.807, 2.05) is 12.1 Å². The molecule has 1 aromatic heterocycles. The summed E-state index contributed by atoms with van der Waals surface area (Å²) < 4.78 is 0.766. The number of hydrogen-bond acceptors (Lipinski definition) is 3. The normalized spacial score (nSPS) is 19.2. The first-order valence-electron chi connectivity index (χ1n) is 4.98. The third-order valence-corrected chi connectivity index (χ3v) is 3.73. The zero-order valence-electron chi connectivity index (χ0n) is 8.66. The number of amides is 1. The lowest BCUT2D eigenvalue weighted by Crippen LogP contribution is -2.31. The van der Waals surface area contributed by atoms with Crippen LogP contribution in [0.4, 0.5) is 0 Å². The van der Waals surface area contributed by atoms with E-state index in [1.165, 1.54) is 11.3 Å². The van der Waals surface area contributed by atoms with Crippen molar-refractivity contribution in [3.8, 4) is 0 Å². The van der Waals surface area contributed by atoms with E-state index in [1.54, 1.807) is 0 Å². The van der Waals surface area contributed by atoms with Crippen LogP contribution in [0.25, 0.3) is 0 Å². The Morgan fingerprint density at radius 3 is 3.00 bits per heavy atom. The van der Waals surface area contributed by atoms with Gasteiger partial charge in [-0.1, -0.05) is 11.6 Å². The molecule has 2 N–H and O–H groups in total. The average molecular weight is 281 g/mol. The van der Waals surface area contributed by atoms with Crippen molar-refractivity contribution in [2.75, 3.05) is 13.1 Å². The van der Waals surface area contributed by atoms with E-state index in [9.17, 15) is 4.79 Å². The van der Waals surface area contributed by atoms with Crippen LogP contribution in [0.2, 0.25) is 4.34 Å². The molecule has 0 spiro atoms. The Balaban J connectivity index is 0.00000128. The molecule has 0 saturated carbocycles. The van der Waals surface area contributed by atoms with Gasteiger partial charge in [0.15, 0.2) is 0 Å². The number of hydrogen-bond donors (Lipinski definition) is 2. The van der Waals surface area contributed by atoms with Crippen molar-refractivity contribution >= 4 is 41.3 Å². The van der Waals surface area contributed by atoms with Crippen LogP contribution < -0.4 is 10.6 Å². The van der Waals surface area contributed by atoms with Crippen LogP contribution in [0.3, 0.4) is 0 Å². The molecule has 1 aliphatic rings. The minimum Gasteiger partial charge on any atom is -0.351 e. The Morgan fingerprint density at radius 2 is 2.44 bits per heavy atom. The highest BCUT2D eigenvalue weighted by Crippen LogP contribution is 2.21. The zero-order chi connectivity index (χ0) is 10.7. The Morgan fingerprint density at radius 1 is 1.62 bits per heavy atom. The number of carbonyl (C=O) groups excluding carboxylic acids is 1. The van der Waals surface area contributed by atoms with Gasteiger partial charge in [0, 0.05) is 11.4 Å². The molecule has 2 heterocycles. The number of halogens is 2. The van der Waals surface area contributed by atoms with Gasteiger partial charge in [0.2, 0.25) is 5.91 Å². The third kappa shape index (κ3) is 3.63. The van der Waals surface area contributed by atoms with E-state index in [2.05, 4.69) is 10.6 Å². The largest absolute Gasteiger partial charge is 0.351 e. The summed E-state index contributed by atoms with van der Waals surface area (Å²) in [5.41, 5.74) is 0. The van der Waals surface area contributed by atoms with Gasteiger partial charge in [0.05, 0.1) is 16.8 Å². The fourth-order valence-corrected chi connectivity index (χ4v) is 2.67. The number of carbonyl (C=O) groups is 1. The van der Waals surface area contributed by atoms with Gasteiger partial charge in [-0.05, 0) is 25.1 Å². The highest BCUT2D eigenvalue weighted by atomic mass is 35.5. The molecule has 6 heteroatoms. The van der Waals surface area contributed by atoms with Crippen LogP contribution in [0, 0.1) is 5.92 Å². The summed E-state index contributed by atoms with van der Waals surface area (Å²) in [6, 6.07) is 3.80. The molecule has 0 aliphatic carbocycles. The van der Waals surface area contributed by atoms with Crippen LogP contribution in [-0.2, 0) is 11.3 Å². The van der Waals surface area contributed by atoms with Crippen LogP contribution >= 0.6 is 35.3 Å². The third-order valence-electron chi connectivity index (χ3n) is 2.50. The second-order valence-corrected chi connectivity index (χ2v) is 5.41. The van der Waals surface area contributed by atoms with Gasteiger partial charge < -0.3 is 10.6 Å². The summed E-state index contributed by atoms with van der Waals surface area (Å²) >= 11 is 7.31. The Labute approximate surface area is 110 Å². The highest BCUT2D eigenvalue weighted by Gasteiger charge is 2.21. The van der Waals surface area contributed by atoms with Crippen molar-refractivity contribution < 1.29 is 4.79 Å². The Bertz CT molecular complexity index is 350. The van der Waals surface area contributed by atoms with E-state index >= 15 is 0 Å². The number of nitrogens with one attached hydrogen (secondary N) is 2. The standard InChI is InChI=1S/C10H13ClN2OS.ClH/c11-9-2-1-8(15-9)6-13-10(14)7-3-4-12-5-7;/h1-2,7,12H,3-6H2,(H,13,14);1H/t7-;/m0./s1. The predicted octanol–water partition coefficient (Wildman–Crippen LogP) is 2.05. The van der Waals surface area contributed by atoms with E-state index in [-0.39, 0.29) is 24.2 Å². The van der Waals surface area contributed by atoms with Crippen molar-refractivity contribution in [2.45, 2.75) is 13.0 Å². The average Bonchev–Trinajstić information content (AvgIpc) is 2.84. The monoisotopic (exact) mass is 280 g/mol. The van der Waals surface area contributed by atoms with Gasteiger partial charge >= 0.3 is 0 Å². The highest BCUT2D eigenvalue weighted by molar-refractivity contribution is 7.16. The first-order valence-corrected chi connectivity index (χ1v) is 6.18. The lowest BCUT2D eigenvalue weighted by Gasteiger charge is -2.08. The molecule has 1 atom stereocenters. The minimum absolute atomic E-state index is 0. The fourth-order valence-electron chi connectivity index (χ4n) is 1.64. The van der Waals surface area contributed by atoms with Crippen LogP contribution in [-0.4, -0.2) is 19.0 Å². The van der Waals surface area contributed by atoms with Gasteiger partial charge in [0.1, 0.15) is 0 Å². The predicted molar refractivity (Wildman–Crippen MR) is 69.4 cm³/mol. The molecule has 3 nitrogen and oxygen atoms in total. The topological polar surface area (TPSA) is 41.1 Å². The molecule has 0 aromatic carbocycles. The van der Waals surface area contributed by atoms with Crippen LogP contribution in [0.5, 0.6) is 0 Å². The van der Waals surface area contributed by atoms with Gasteiger partial charge in [0.25, 0.3) is 0 Å². The maximum Gasteiger partial charge on any atom is 0.224 e. The summed E-state index contributed by atoms with van der Waals surface area (Å²) in [5.74, 6) is 0.282. The summed E-state index contributed by atoms with van der Waals surface area (Å²) in [5, 5.41) is 6.10. The molecular formula is C10H14Cl2N2OS. The molecule has 0 unspecified atom stereocenters. The van der Waals surface area contributed by atoms with Crippen molar-refractivity contribution in [2.24, 2.45) is 5.92 Å². The summed E-state index contributed by atoms with van der Waals surface area (Å²) in [6.45, 7) is 2.34. The maximum atomic E-state index is 11.6. The van der Waals surface area contributed by atoms with Gasteiger partial charge in [-0.25, -0.2) is 0 Å². The molecule has 16 heavy (non-hydrogen) atoms. The quantitative estimate of drug-likeness (QED) is 0.890. The lowest BCUT2D eigenvalue weighted by molar-refractivity contribution is -0.124. The van der Waals surface area contributed by atoms with Crippen molar-refractivity contribution in [1.29, 1.82) is 0 Å². The molecule has 90 valence electrons. The van der Waals surface area contributed by atoms with Crippen molar-refractivity contribution in [3.05, 3.63) is 21.3 Å². The number of thiophene rings is 1. The molecular weight excluding hydrogens is 267 g/mol. The zero-order valence-corrected chi connectivity index (χ0v) is 11.1. The van der Waals surface area contributed by atoms with Crippen molar-refractivity contribution in [3.63, 3.8) is 0 Å². The minimum atomic E-state index is 0. The summed E-state index contributed by atoms with van der Waals surface area (Å²) in [4.78, 5) is 12.7. The first-order chi connectivity index (χ1) is 7.25. The van der Waals surface area contributed by atoms with Gasteiger partial charge in [-0.2, -0.15) is 0 Å². The van der Waals surface area contributed by atoms with Crippen LogP contribution in [0.1, 0.15) is 11.3 Å². The lowest BCUT2D eigenvalue weighted by atomic mass is 10.1. The van der Waals surface area contributed by atoms with Gasteiger partial charge in [-0.15, -0.1) is 23.7 Å². The fraction of sp³-hybridized carbons (Fsp3) is 0.500. The van der Waals surface area contributed by atoms with Gasteiger partial charge in [-0.3, -0.25) is 4.79 Å². The Hall–Kier alpha value is -0.290. The Kier molecular flexibility index (Phi) is 5.55. The number of rotatable bonds is 3. The van der Waals surface area contributed by atoms with Crippen molar-refractivity contribution in [1.82, 2.24) is 10.6 Å². The van der Waals surface area contributed by atoms with Crippen LogP contribution in [0.15, 0.2) is 12.1 Å². The molecule has 0 bridgehead atoms. The van der Waals surface area contributed by atoms with E-state index in [4.69, 9.17) is 11.6 Å². The van der Waals surface area contributed by atoms with E-state index in [0.717, 1.165) is 28.7 Å². The molecule has 1 saturated heterocycles. The molecule has 1 aliphatic heterocycles. The molecule has 0 radical (unpaired) electrons. The molecule has 1 fully saturated rings. The van der Waals surface area contributed by atoms with E-state index in [0.29, 0.717) is 6.54 Å². The molecule has 2 rings (SSSR count). The second kappa shape index (κ2) is 6.45. The maximum absolute atomic E-state index is 11.6.